The minimum Gasteiger partial charge on any atom is -0.496 e. The number of aromatic nitrogens is 2. The number of aromatic amines is 1. The predicted octanol–water partition coefficient (Wildman–Crippen LogP) is 3.12. The normalized spacial score (nSPS) is 10.8. The average Bonchev–Trinajstić information content (AvgIpc) is 2.76. The zero-order chi connectivity index (χ0) is 14.2. The average molecular weight is 280 g/mol. The monoisotopic (exact) mass is 279 g/mol. The van der Waals surface area contributed by atoms with Crippen LogP contribution in [0.1, 0.15) is 22.6 Å². The van der Waals surface area contributed by atoms with Crippen molar-refractivity contribution >= 4 is 11.6 Å². The summed E-state index contributed by atoms with van der Waals surface area (Å²) in [6.07, 6.45) is 0. The van der Waals surface area contributed by atoms with E-state index in [1.807, 2.05) is 26.8 Å². The number of nitrogens with two attached hydrogens (primary N) is 1. The third-order valence-electron chi connectivity index (χ3n) is 3.20. The smallest absolute Gasteiger partial charge is 0.128 e. The Morgan fingerprint density at radius 3 is 2.63 bits per heavy atom. The fraction of sp³-hybridized carbons (Fsp3) is 0.357. The molecule has 0 bridgehead atoms. The molecule has 0 aliphatic heterocycles. The van der Waals surface area contributed by atoms with Crippen LogP contribution in [0.2, 0.25) is 5.02 Å². The summed E-state index contributed by atoms with van der Waals surface area (Å²) in [5.74, 6) is 1.59. The minimum absolute atomic E-state index is 0.393. The number of hydrogen-bond donors (Lipinski definition) is 2. The van der Waals surface area contributed by atoms with Gasteiger partial charge in [0.2, 0.25) is 0 Å². The number of rotatable bonds is 3. The van der Waals surface area contributed by atoms with Gasteiger partial charge in [0.05, 0.1) is 18.5 Å². The first-order valence-corrected chi connectivity index (χ1v) is 6.47. The van der Waals surface area contributed by atoms with Crippen molar-refractivity contribution in [3.63, 3.8) is 0 Å². The van der Waals surface area contributed by atoms with Gasteiger partial charge in [0.1, 0.15) is 11.6 Å². The molecule has 0 aliphatic rings. The lowest BCUT2D eigenvalue weighted by Crippen LogP contribution is -2.01. The topological polar surface area (TPSA) is 63.9 Å². The van der Waals surface area contributed by atoms with Crippen molar-refractivity contribution in [2.45, 2.75) is 27.3 Å². The molecule has 0 fully saturated rings. The Bertz CT molecular complexity index is 620. The number of nitrogens with one attached hydrogen (secondary N) is 1. The number of benzene rings is 1. The lowest BCUT2D eigenvalue weighted by atomic mass is 10.00. The van der Waals surface area contributed by atoms with Gasteiger partial charge in [-0.3, -0.25) is 0 Å². The van der Waals surface area contributed by atoms with Crippen LogP contribution in [0, 0.1) is 20.8 Å². The van der Waals surface area contributed by atoms with E-state index in [1.54, 1.807) is 7.11 Å². The molecular weight excluding hydrogens is 262 g/mol. The van der Waals surface area contributed by atoms with E-state index in [1.165, 1.54) is 0 Å². The molecule has 1 aromatic heterocycles. The van der Waals surface area contributed by atoms with Crippen LogP contribution in [-0.2, 0) is 6.54 Å². The van der Waals surface area contributed by atoms with Crippen molar-refractivity contribution in [2.24, 2.45) is 5.73 Å². The number of methoxy groups -OCH3 is 1. The van der Waals surface area contributed by atoms with E-state index in [0.717, 1.165) is 44.7 Å². The number of hydrogen-bond acceptors (Lipinski definition) is 3. The predicted molar refractivity (Wildman–Crippen MR) is 77.7 cm³/mol. The minimum atomic E-state index is 0.393. The summed E-state index contributed by atoms with van der Waals surface area (Å²) in [6, 6.07) is 1.93. The Morgan fingerprint density at radius 1 is 1.37 bits per heavy atom. The van der Waals surface area contributed by atoms with Crippen LogP contribution in [0.4, 0.5) is 0 Å². The lowest BCUT2D eigenvalue weighted by Gasteiger charge is -2.14. The lowest BCUT2D eigenvalue weighted by molar-refractivity contribution is 0.415. The Balaban J connectivity index is 2.77. The molecule has 0 spiro atoms. The summed E-state index contributed by atoms with van der Waals surface area (Å²) < 4.78 is 5.47. The van der Waals surface area contributed by atoms with Crippen molar-refractivity contribution in [1.82, 2.24) is 9.97 Å². The van der Waals surface area contributed by atoms with Crippen LogP contribution in [0.5, 0.6) is 5.75 Å². The van der Waals surface area contributed by atoms with Crippen molar-refractivity contribution in [2.75, 3.05) is 7.11 Å². The molecule has 0 aliphatic carbocycles. The molecule has 0 unspecified atom stereocenters. The molecule has 0 atom stereocenters. The third-order valence-corrected chi connectivity index (χ3v) is 3.78. The number of aryl methyl sites for hydroxylation is 2. The number of halogens is 1. The van der Waals surface area contributed by atoms with E-state index in [-0.39, 0.29) is 0 Å². The van der Waals surface area contributed by atoms with Gasteiger partial charge < -0.3 is 15.5 Å². The van der Waals surface area contributed by atoms with Crippen LogP contribution >= 0.6 is 11.6 Å². The van der Waals surface area contributed by atoms with E-state index < -0.39 is 0 Å². The van der Waals surface area contributed by atoms with Crippen LogP contribution in [-0.4, -0.2) is 17.1 Å². The molecule has 19 heavy (non-hydrogen) atoms. The molecule has 4 nitrogen and oxygen atoms in total. The summed E-state index contributed by atoms with van der Waals surface area (Å²) in [7, 11) is 1.65. The standard InChI is InChI=1S/C14H18ClN3O/c1-7-5-11(19-4)12(8(2)13(7)15)14-10(6-16)17-9(3)18-14/h5H,6,16H2,1-4H3,(H,17,18). The molecule has 0 saturated heterocycles. The quantitative estimate of drug-likeness (QED) is 0.907. The molecule has 1 aromatic carbocycles. The summed E-state index contributed by atoms with van der Waals surface area (Å²) in [5, 5.41) is 0.736. The van der Waals surface area contributed by atoms with Gasteiger partial charge in [-0.05, 0) is 38.0 Å². The van der Waals surface area contributed by atoms with Crippen LogP contribution in [0.25, 0.3) is 11.3 Å². The first-order valence-electron chi connectivity index (χ1n) is 6.09. The highest BCUT2D eigenvalue weighted by molar-refractivity contribution is 6.32. The number of nitrogens with zero attached hydrogens (tertiary/aromatic N) is 1. The van der Waals surface area contributed by atoms with E-state index >= 15 is 0 Å². The fourth-order valence-corrected chi connectivity index (χ4v) is 2.42. The molecule has 102 valence electrons. The van der Waals surface area contributed by atoms with Gasteiger partial charge in [-0.1, -0.05) is 11.6 Å². The Hall–Kier alpha value is -1.52. The second-order valence-corrected chi connectivity index (χ2v) is 4.94. The summed E-state index contributed by atoms with van der Waals surface area (Å²) in [5.41, 5.74) is 10.3. The van der Waals surface area contributed by atoms with Crippen molar-refractivity contribution in [3.05, 3.63) is 33.7 Å². The third kappa shape index (κ3) is 2.33. The van der Waals surface area contributed by atoms with Crippen molar-refractivity contribution < 1.29 is 4.74 Å². The highest BCUT2D eigenvalue weighted by Crippen LogP contribution is 2.39. The van der Waals surface area contributed by atoms with Gasteiger partial charge >= 0.3 is 0 Å². The molecule has 0 saturated carbocycles. The van der Waals surface area contributed by atoms with E-state index in [0.29, 0.717) is 6.54 Å². The molecule has 0 amide bonds. The number of ether oxygens (including phenoxy) is 1. The SMILES string of the molecule is COc1cc(C)c(Cl)c(C)c1-c1nc(C)[nH]c1CN. The van der Waals surface area contributed by atoms with Gasteiger partial charge in [-0.2, -0.15) is 0 Å². The molecule has 5 heteroatoms. The fourth-order valence-electron chi connectivity index (χ4n) is 2.27. The zero-order valence-corrected chi connectivity index (χ0v) is 12.4. The largest absolute Gasteiger partial charge is 0.496 e. The summed E-state index contributed by atoms with van der Waals surface area (Å²) in [4.78, 5) is 7.69. The number of H-pyrrole nitrogens is 1. The second kappa shape index (κ2) is 5.23. The first kappa shape index (κ1) is 13.9. The maximum absolute atomic E-state index is 6.34. The van der Waals surface area contributed by atoms with E-state index in [9.17, 15) is 0 Å². The van der Waals surface area contributed by atoms with Crippen LogP contribution in [0.15, 0.2) is 6.07 Å². The molecule has 3 N–H and O–H groups in total. The molecular formula is C14H18ClN3O. The highest BCUT2D eigenvalue weighted by Gasteiger charge is 2.19. The molecule has 2 aromatic rings. The van der Waals surface area contributed by atoms with Crippen molar-refractivity contribution in [1.29, 1.82) is 0 Å². The molecule has 0 radical (unpaired) electrons. The maximum Gasteiger partial charge on any atom is 0.128 e. The summed E-state index contributed by atoms with van der Waals surface area (Å²) in [6.45, 7) is 6.23. The maximum atomic E-state index is 6.34. The van der Waals surface area contributed by atoms with Gasteiger partial charge in [-0.25, -0.2) is 4.98 Å². The van der Waals surface area contributed by atoms with Gasteiger partial charge in [0.15, 0.2) is 0 Å². The Morgan fingerprint density at radius 2 is 2.05 bits per heavy atom. The molecule has 1 heterocycles. The Kier molecular flexibility index (Phi) is 3.83. The molecule has 2 rings (SSSR count). The summed E-state index contributed by atoms with van der Waals surface area (Å²) >= 11 is 6.34. The van der Waals surface area contributed by atoms with Gasteiger partial charge in [0.25, 0.3) is 0 Å². The second-order valence-electron chi connectivity index (χ2n) is 4.56. The van der Waals surface area contributed by atoms with Crippen molar-refractivity contribution in [3.8, 4) is 17.0 Å². The number of imidazole rings is 1. The van der Waals surface area contributed by atoms with Gasteiger partial charge in [-0.15, -0.1) is 0 Å². The highest BCUT2D eigenvalue weighted by atomic mass is 35.5. The van der Waals surface area contributed by atoms with E-state index in [2.05, 4.69) is 9.97 Å². The Labute approximate surface area is 117 Å². The van der Waals surface area contributed by atoms with E-state index in [4.69, 9.17) is 22.1 Å². The first-order chi connectivity index (χ1) is 8.99. The van der Waals surface area contributed by atoms with Crippen LogP contribution in [0.3, 0.4) is 0 Å². The van der Waals surface area contributed by atoms with Crippen LogP contribution < -0.4 is 10.5 Å². The zero-order valence-electron chi connectivity index (χ0n) is 11.6. The van der Waals surface area contributed by atoms with Gasteiger partial charge in [0, 0.05) is 17.1 Å².